The van der Waals surface area contributed by atoms with E-state index in [2.05, 4.69) is 4.84 Å². The number of ether oxygens (including phenoxy) is 1. The van der Waals surface area contributed by atoms with Gasteiger partial charge in [0.2, 0.25) is 0 Å². The summed E-state index contributed by atoms with van der Waals surface area (Å²) in [6, 6.07) is 6.53. The number of nitrogens with one attached hydrogen (secondary N) is 1. The number of aliphatic carboxylic acids is 1. The molecule has 0 radical (unpaired) electrons. The van der Waals surface area contributed by atoms with Crippen LogP contribution >= 0.6 is 0 Å². The molecule has 6 nitrogen and oxygen atoms in total. The molecule has 1 aromatic carbocycles. The maximum Gasteiger partial charge on any atom is 0.332 e. The Kier molecular flexibility index (Phi) is 5.13. The van der Waals surface area contributed by atoms with Crippen molar-refractivity contribution in [2.24, 2.45) is 0 Å². The highest BCUT2D eigenvalue weighted by Gasteiger charge is 2.08. The Balaban J connectivity index is 2.59. The molecular formula is C12H15NO5. The predicted molar refractivity (Wildman–Crippen MR) is 63.3 cm³/mol. The van der Waals surface area contributed by atoms with E-state index in [1.54, 1.807) is 24.3 Å². The highest BCUT2D eigenvalue weighted by atomic mass is 16.7. The standard InChI is InChI=1S/C12H15NO5/c1-8(2)18-10-5-3-4-9(6-10)12(16)13-17-7-11(14)15/h3-6,8H,7H2,1-2H3,(H,13,16)(H,14,15). The number of hydrogen-bond donors (Lipinski definition) is 2. The second-order valence-electron chi connectivity index (χ2n) is 3.81. The van der Waals surface area contributed by atoms with Gasteiger partial charge in [-0.3, -0.25) is 9.63 Å². The van der Waals surface area contributed by atoms with Crippen molar-refractivity contribution in [2.75, 3.05) is 6.61 Å². The number of benzene rings is 1. The van der Waals surface area contributed by atoms with Gasteiger partial charge in [-0.25, -0.2) is 10.3 Å². The van der Waals surface area contributed by atoms with E-state index in [0.717, 1.165) is 0 Å². The summed E-state index contributed by atoms with van der Waals surface area (Å²) in [6.07, 6.45) is 0.00608. The summed E-state index contributed by atoms with van der Waals surface area (Å²) in [7, 11) is 0. The Morgan fingerprint density at radius 1 is 1.39 bits per heavy atom. The van der Waals surface area contributed by atoms with Gasteiger partial charge < -0.3 is 9.84 Å². The highest BCUT2D eigenvalue weighted by molar-refractivity contribution is 5.93. The van der Waals surface area contributed by atoms with Crippen LogP contribution in [0.5, 0.6) is 5.75 Å². The molecule has 1 aromatic rings. The molecule has 0 bridgehead atoms. The zero-order chi connectivity index (χ0) is 13.5. The van der Waals surface area contributed by atoms with E-state index < -0.39 is 18.5 Å². The zero-order valence-electron chi connectivity index (χ0n) is 10.2. The Morgan fingerprint density at radius 3 is 2.72 bits per heavy atom. The Bertz CT molecular complexity index is 430. The third-order valence-electron chi connectivity index (χ3n) is 1.83. The first-order valence-electron chi connectivity index (χ1n) is 5.39. The smallest absolute Gasteiger partial charge is 0.332 e. The molecule has 0 aliphatic carbocycles. The van der Waals surface area contributed by atoms with Crippen molar-refractivity contribution in [2.45, 2.75) is 20.0 Å². The van der Waals surface area contributed by atoms with Crippen LogP contribution in [0.3, 0.4) is 0 Å². The van der Waals surface area contributed by atoms with Crippen LogP contribution in [-0.4, -0.2) is 29.7 Å². The van der Waals surface area contributed by atoms with E-state index in [-0.39, 0.29) is 6.10 Å². The molecule has 0 saturated heterocycles. The van der Waals surface area contributed by atoms with E-state index in [1.807, 2.05) is 19.3 Å². The molecule has 0 aliphatic rings. The fraction of sp³-hybridized carbons (Fsp3) is 0.333. The van der Waals surface area contributed by atoms with E-state index >= 15 is 0 Å². The highest BCUT2D eigenvalue weighted by Crippen LogP contribution is 2.14. The number of rotatable bonds is 6. The van der Waals surface area contributed by atoms with Gasteiger partial charge >= 0.3 is 5.97 Å². The van der Waals surface area contributed by atoms with E-state index in [1.165, 1.54) is 0 Å². The van der Waals surface area contributed by atoms with Crippen LogP contribution in [0, 0.1) is 0 Å². The molecule has 0 spiro atoms. The number of hydrogen-bond acceptors (Lipinski definition) is 4. The second kappa shape index (κ2) is 6.61. The maximum atomic E-state index is 11.6. The lowest BCUT2D eigenvalue weighted by molar-refractivity contribution is -0.144. The summed E-state index contributed by atoms with van der Waals surface area (Å²) >= 11 is 0. The zero-order valence-corrected chi connectivity index (χ0v) is 10.2. The number of carbonyl (C=O) groups is 2. The summed E-state index contributed by atoms with van der Waals surface area (Å²) in [4.78, 5) is 26.3. The molecule has 2 N–H and O–H groups in total. The third kappa shape index (κ3) is 4.84. The summed E-state index contributed by atoms with van der Waals surface area (Å²) in [6.45, 7) is 3.17. The Hall–Kier alpha value is -2.08. The van der Waals surface area contributed by atoms with Crippen LogP contribution in [0.15, 0.2) is 24.3 Å². The van der Waals surface area contributed by atoms with Gasteiger partial charge in [0.1, 0.15) is 5.75 Å². The van der Waals surface area contributed by atoms with Gasteiger partial charge in [-0.2, -0.15) is 0 Å². The molecule has 1 amide bonds. The molecular weight excluding hydrogens is 238 g/mol. The predicted octanol–water partition coefficient (Wildman–Crippen LogP) is 1.22. The van der Waals surface area contributed by atoms with E-state index in [4.69, 9.17) is 9.84 Å². The second-order valence-corrected chi connectivity index (χ2v) is 3.81. The van der Waals surface area contributed by atoms with Crippen molar-refractivity contribution < 1.29 is 24.3 Å². The minimum absolute atomic E-state index is 0.00608. The lowest BCUT2D eigenvalue weighted by Crippen LogP contribution is -2.26. The van der Waals surface area contributed by atoms with Gasteiger partial charge in [-0.05, 0) is 32.0 Å². The lowest BCUT2D eigenvalue weighted by Gasteiger charge is -2.10. The van der Waals surface area contributed by atoms with E-state index in [9.17, 15) is 9.59 Å². The molecule has 98 valence electrons. The monoisotopic (exact) mass is 253 g/mol. The van der Waals surface area contributed by atoms with Crippen molar-refractivity contribution in [1.29, 1.82) is 0 Å². The fourth-order valence-electron chi connectivity index (χ4n) is 1.21. The van der Waals surface area contributed by atoms with Crippen LogP contribution in [0.4, 0.5) is 0 Å². The summed E-state index contributed by atoms with van der Waals surface area (Å²) in [5.74, 6) is -1.12. The normalized spacial score (nSPS) is 10.2. The minimum Gasteiger partial charge on any atom is -0.491 e. The third-order valence-corrected chi connectivity index (χ3v) is 1.83. The average molecular weight is 253 g/mol. The van der Waals surface area contributed by atoms with Gasteiger partial charge in [0.25, 0.3) is 5.91 Å². The van der Waals surface area contributed by atoms with Crippen molar-refractivity contribution in [3.63, 3.8) is 0 Å². The Morgan fingerprint density at radius 2 is 2.11 bits per heavy atom. The molecule has 6 heteroatoms. The number of carbonyl (C=O) groups excluding carboxylic acids is 1. The van der Waals surface area contributed by atoms with Crippen LogP contribution in [0.2, 0.25) is 0 Å². The summed E-state index contributed by atoms with van der Waals surface area (Å²) < 4.78 is 5.43. The number of amides is 1. The number of carboxylic acid groups (broad SMARTS) is 1. The number of carboxylic acids is 1. The van der Waals surface area contributed by atoms with Gasteiger partial charge in [-0.15, -0.1) is 0 Å². The maximum absolute atomic E-state index is 11.6. The summed E-state index contributed by atoms with van der Waals surface area (Å²) in [5.41, 5.74) is 2.37. The Labute approximate surface area is 104 Å². The molecule has 0 unspecified atom stereocenters. The van der Waals surface area contributed by atoms with Crippen LogP contribution in [0.25, 0.3) is 0 Å². The molecule has 0 aromatic heterocycles. The molecule has 1 rings (SSSR count). The molecule has 18 heavy (non-hydrogen) atoms. The first kappa shape index (κ1) is 14.0. The van der Waals surface area contributed by atoms with Crippen molar-refractivity contribution in [1.82, 2.24) is 5.48 Å². The lowest BCUT2D eigenvalue weighted by atomic mass is 10.2. The van der Waals surface area contributed by atoms with Gasteiger partial charge in [-0.1, -0.05) is 6.07 Å². The SMILES string of the molecule is CC(C)Oc1cccc(C(=O)NOCC(=O)O)c1. The van der Waals surface area contributed by atoms with Gasteiger partial charge in [0.15, 0.2) is 6.61 Å². The van der Waals surface area contributed by atoms with Crippen molar-refractivity contribution in [3.8, 4) is 5.75 Å². The van der Waals surface area contributed by atoms with Gasteiger partial charge in [0, 0.05) is 5.56 Å². The average Bonchev–Trinajstić information content (AvgIpc) is 2.27. The molecule has 0 aliphatic heterocycles. The molecule has 0 saturated carbocycles. The fourth-order valence-corrected chi connectivity index (χ4v) is 1.21. The van der Waals surface area contributed by atoms with Gasteiger partial charge in [0.05, 0.1) is 6.10 Å². The first-order chi connectivity index (χ1) is 8.49. The summed E-state index contributed by atoms with van der Waals surface area (Å²) in [5, 5.41) is 8.34. The quantitative estimate of drug-likeness (QED) is 0.744. The van der Waals surface area contributed by atoms with Crippen molar-refractivity contribution >= 4 is 11.9 Å². The molecule has 0 fully saturated rings. The molecule has 0 atom stereocenters. The van der Waals surface area contributed by atoms with Crippen LogP contribution < -0.4 is 10.2 Å². The van der Waals surface area contributed by atoms with E-state index in [0.29, 0.717) is 11.3 Å². The van der Waals surface area contributed by atoms with Crippen LogP contribution in [0.1, 0.15) is 24.2 Å². The van der Waals surface area contributed by atoms with Crippen LogP contribution in [-0.2, 0) is 9.63 Å². The topological polar surface area (TPSA) is 84.9 Å². The number of hydroxylamine groups is 1. The first-order valence-corrected chi connectivity index (χ1v) is 5.39. The molecule has 0 heterocycles. The van der Waals surface area contributed by atoms with Crippen molar-refractivity contribution in [3.05, 3.63) is 29.8 Å². The largest absolute Gasteiger partial charge is 0.491 e. The minimum atomic E-state index is -1.16.